The number of Topliss-reactive ketones (excluding diaryl/α,β-unsaturated/α-hetero) is 1. The first-order valence-corrected chi connectivity index (χ1v) is 13.3. The zero-order valence-electron chi connectivity index (χ0n) is 21.5. The summed E-state index contributed by atoms with van der Waals surface area (Å²) < 4.78 is 23.1. The van der Waals surface area contributed by atoms with Crippen LogP contribution in [-0.4, -0.2) is 48.7 Å². The first kappa shape index (κ1) is 25.4. The molecule has 0 radical (unpaired) electrons. The van der Waals surface area contributed by atoms with Crippen LogP contribution in [0.2, 0.25) is 0 Å². The van der Waals surface area contributed by atoms with Crippen molar-refractivity contribution >= 4 is 44.1 Å². The van der Waals surface area contributed by atoms with E-state index in [0.29, 0.717) is 58.0 Å². The van der Waals surface area contributed by atoms with Crippen LogP contribution < -0.4 is 23.8 Å². The molecule has 4 aromatic rings. The van der Waals surface area contributed by atoms with Gasteiger partial charge in [-0.05, 0) is 54.1 Å². The van der Waals surface area contributed by atoms with Gasteiger partial charge < -0.3 is 24.1 Å². The van der Waals surface area contributed by atoms with Crippen LogP contribution in [0.25, 0.3) is 16.0 Å². The molecule has 2 aliphatic heterocycles. The van der Waals surface area contributed by atoms with Gasteiger partial charge in [0, 0.05) is 5.56 Å². The second kappa shape index (κ2) is 10.4. The molecule has 3 heterocycles. The van der Waals surface area contributed by atoms with Crippen LogP contribution in [0, 0.1) is 0 Å². The molecule has 6 rings (SSSR count). The van der Waals surface area contributed by atoms with Crippen molar-refractivity contribution in [2.75, 3.05) is 31.8 Å². The van der Waals surface area contributed by atoms with Gasteiger partial charge in [-0.3, -0.25) is 14.5 Å². The lowest BCUT2D eigenvalue weighted by Gasteiger charge is -2.23. The van der Waals surface area contributed by atoms with Crippen molar-refractivity contribution in [2.45, 2.75) is 6.04 Å². The Hall–Kier alpha value is -4.83. The Morgan fingerprint density at radius 3 is 2.73 bits per heavy atom. The van der Waals surface area contributed by atoms with E-state index in [1.165, 1.54) is 16.2 Å². The summed E-state index contributed by atoms with van der Waals surface area (Å²) >= 11 is 1.25. The molecule has 2 aliphatic rings. The number of aliphatic hydroxyl groups excluding tert-OH is 1. The van der Waals surface area contributed by atoms with E-state index in [2.05, 4.69) is 11.6 Å². The molecule has 0 saturated carbocycles. The molecule has 9 nitrogen and oxygen atoms in total. The summed E-state index contributed by atoms with van der Waals surface area (Å²) in [6.07, 6.45) is 1.62. The minimum absolute atomic E-state index is 0.0700. The van der Waals surface area contributed by atoms with E-state index in [1.807, 2.05) is 6.07 Å². The number of methoxy groups -OCH3 is 1. The van der Waals surface area contributed by atoms with Gasteiger partial charge in [0.15, 0.2) is 16.6 Å². The molecule has 40 heavy (non-hydrogen) atoms. The molecule has 10 heteroatoms. The van der Waals surface area contributed by atoms with E-state index in [0.717, 1.165) is 4.70 Å². The number of hydrogen-bond donors (Lipinski definition) is 1. The van der Waals surface area contributed by atoms with Gasteiger partial charge in [-0.15, -0.1) is 0 Å². The van der Waals surface area contributed by atoms with E-state index >= 15 is 0 Å². The van der Waals surface area contributed by atoms with Crippen LogP contribution in [0.3, 0.4) is 0 Å². The van der Waals surface area contributed by atoms with Gasteiger partial charge in [0.05, 0.1) is 28.9 Å². The number of ketones is 1. The fourth-order valence-corrected chi connectivity index (χ4v) is 5.76. The Bertz CT molecular complexity index is 1690. The maximum atomic E-state index is 13.6. The van der Waals surface area contributed by atoms with Crippen LogP contribution in [0.1, 0.15) is 17.2 Å². The minimum atomic E-state index is -0.970. The molecule has 0 aliphatic carbocycles. The quantitative estimate of drug-likeness (QED) is 0.142. The highest BCUT2D eigenvalue weighted by atomic mass is 32.1. The molecule has 3 aromatic carbocycles. The SMILES string of the molecule is C=CCOc1cccc([C@H]2C(=C(O)c3ccc4c(c3)OCCO4)C(=O)C(=O)N2c2nc3ccc(OC)cc3s2)c1. The fourth-order valence-electron chi connectivity index (χ4n) is 4.74. The third-order valence-corrected chi connectivity index (χ3v) is 7.61. The third kappa shape index (κ3) is 4.42. The summed E-state index contributed by atoms with van der Waals surface area (Å²) in [4.78, 5) is 33.2. The van der Waals surface area contributed by atoms with Gasteiger partial charge >= 0.3 is 5.91 Å². The third-order valence-electron chi connectivity index (χ3n) is 6.59. The Balaban J connectivity index is 1.52. The lowest BCUT2D eigenvalue weighted by molar-refractivity contribution is -0.132. The number of fused-ring (bicyclic) bond motifs is 2. The first-order chi connectivity index (χ1) is 19.5. The van der Waals surface area contributed by atoms with Crippen molar-refractivity contribution < 1.29 is 33.6 Å². The molecule has 0 spiro atoms. The number of nitrogens with zero attached hydrogens (tertiary/aromatic N) is 2. The van der Waals surface area contributed by atoms with Gasteiger partial charge in [-0.2, -0.15) is 0 Å². The molecule has 0 unspecified atom stereocenters. The Morgan fingerprint density at radius 2 is 1.93 bits per heavy atom. The number of aliphatic hydroxyl groups is 1. The minimum Gasteiger partial charge on any atom is -0.507 e. The van der Waals surface area contributed by atoms with Crippen molar-refractivity contribution in [3.05, 3.63) is 90.0 Å². The first-order valence-electron chi connectivity index (χ1n) is 12.5. The number of hydrogen-bond acceptors (Lipinski definition) is 9. The number of amides is 1. The van der Waals surface area contributed by atoms with E-state index in [1.54, 1.807) is 67.8 Å². The topological polar surface area (TPSA) is 107 Å². The van der Waals surface area contributed by atoms with E-state index in [9.17, 15) is 14.7 Å². The average Bonchev–Trinajstić information content (AvgIpc) is 3.52. The normalized spacial score (nSPS) is 17.7. The Kier molecular flexibility index (Phi) is 6.61. The predicted molar refractivity (Wildman–Crippen MR) is 151 cm³/mol. The highest BCUT2D eigenvalue weighted by Gasteiger charge is 2.48. The molecule has 1 atom stereocenters. The summed E-state index contributed by atoms with van der Waals surface area (Å²) in [6.45, 7) is 4.74. The molecule has 1 saturated heterocycles. The number of benzene rings is 3. The summed E-state index contributed by atoms with van der Waals surface area (Å²) in [5.74, 6) is 0.198. The maximum Gasteiger partial charge on any atom is 0.301 e. The van der Waals surface area contributed by atoms with Gasteiger partial charge in [0.1, 0.15) is 37.1 Å². The van der Waals surface area contributed by atoms with Crippen LogP contribution in [0.5, 0.6) is 23.0 Å². The highest BCUT2D eigenvalue weighted by molar-refractivity contribution is 7.22. The van der Waals surface area contributed by atoms with Crippen LogP contribution in [0.15, 0.2) is 78.9 Å². The van der Waals surface area contributed by atoms with Gasteiger partial charge in [-0.1, -0.05) is 36.1 Å². The molecule has 1 amide bonds. The standard InChI is InChI=1S/C30H24N2O7S/c1-3-11-37-20-6-4-5-17(14-20)26-25(27(33)18-7-10-22-23(15-18)39-13-12-38-22)28(34)29(35)32(26)30-31-21-9-8-19(36-2)16-24(21)40-30/h3-10,14-16,26,33H,1,11-13H2,2H3/t26-/m0/s1. The van der Waals surface area contributed by atoms with Crippen molar-refractivity contribution in [1.29, 1.82) is 0 Å². The van der Waals surface area contributed by atoms with Crippen LogP contribution >= 0.6 is 11.3 Å². The summed E-state index contributed by atoms with van der Waals surface area (Å²) in [5, 5.41) is 11.8. The Morgan fingerprint density at radius 1 is 1.10 bits per heavy atom. The zero-order valence-corrected chi connectivity index (χ0v) is 22.3. The second-order valence-corrected chi connectivity index (χ2v) is 10.0. The lowest BCUT2D eigenvalue weighted by Crippen LogP contribution is -2.29. The number of ether oxygens (including phenoxy) is 4. The maximum absolute atomic E-state index is 13.6. The predicted octanol–water partition coefficient (Wildman–Crippen LogP) is 5.27. The highest BCUT2D eigenvalue weighted by Crippen LogP contribution is 2.45. The van der Waals surface area contributed by atoms with E-state index in [4.69, 9.17) is 18.9 Å². The number of thiazole rings is 1. The largest absolute Gasteiger partial charge is 0.507 e. The summed E-state index contributed by atoms with van der Waals surface area (Å²) in [5.41, 5.74) is 1.47. The number of carbonyl (C=O) groups excluding carboxylic acids is 2. The monoisotopic (exact) mass is 556 g/mol. The molecular formula is C30H24N2O7S. The van der Waals surface area contributed by atoms with E-state index < -0.39 is 17.7 Å². The lowest BCUT2D eigenvalue weighted by atomic mass is 9.95. The zero-order chi connectivity index (χ0) is 27.8. The molecule has 1 fully saturated rings. The molecule has 1 aromatic heterocycles. The molecule has 0 bridgehead atoms. The van der Waals surface area contributed by atoms with Gasteiger partial charge in [-0.25, -0.2) is 4.98 Å². The van der Waals surface area contributed by atoms with Gasteiger partial charge in [0.2, 0.25) is 0 Å². The van der Waals surface area contributed by atoms with Gasteiger partial charge in [0.25, 0.3) is 5.78 Å². The van der Waals surface area contributed by atoms with Crippen molar-refractivity contribution in [1.82, 2.24) is 4.98 Å². The molecule has 202 valence electrons. The summed E-state index contributed by atoms with van der Waals surface area (Å²) in [7, 11) is 1.57. The number of aromatic nitrogens is 1. The number of rotatable bonds is 7. The van der Waals surface area contributed by atoms with Crippen molar-refractivity contribution in [2.24, 2.45) is 0 Å². The van der Waals surface area contributed by atoms with Crippen molar-refractivity contribution in [3.63, 3.8) is 0 Å². The summed E-state index contributed by atoms with van der Waals surface area (Å²) in [6, 6.07) is 16.4. The second-order valence-electron chi connectivity index (χ2n) is 9.03. The average molecular weight is 557 g/mol. The smallest absolute Gasteiger partial charge is 0.301 e. The van der Waals surface area contributed by atoms with Crippen LogP contribution in [0.4, 0.5) is 5.13 Å². The molecular weight excluding hydrogens is 532 g/mol. The number of anilines is 1. The van der Waals surface area contributed by atoms with E-state index in [-0.39, 0.29) is 17.9 Å². The fraction of sp³-hybridized carbons (Fsp3) is 0.167. The number of carbonyl (C=O) groups is 2. The molecule has 1 N–H and O–H groups in total. The van der Waals surface area contributed by atoms with Crippen LogP contribution in [-0.2, 0) is 9.59 Å². The van der Waals surface area contributed by atoms with Crippen molar-refractivity contribution in [3.8, 4) is 23.0 Å². The Labute approximate surface area is 233 Å².